The van der Waals surface area contributed by atoms with Crippen LogP contribution in [0.3, 0.4) is 0 Å². The molecular weight excluding hydrogens is 250 g/mol. The first kappa shape index (κ1) is 15.0. The van der Waals surface area contributed by atoms with Gasteiger partial charge in [-0.15, -0.1) is 0 Å². The van der Waals surface area contributed by atoms with Gasteiger partial charge in [0, 0.05) is 44.2 Å². The van der Waals surface area contributed by atoms with E-state index < -0.39 is 0 Å². The summed E-state index contributed by atoms with van der Waals surface area (Å²) in [6.45, 7) is 11.9. The van der Waals surface area contributed by atoms with Crippen molar-refractivity contribution in [3.63, 3.8) is 0 Å². The minimum absolute atomic E-state index is 0.168. The fourth-order valence-corrected chi connectivity index (χ4v) is 2.44. The van der Waals surface area contributed by atoms with E-state index in [1.165, 1.54) is 0 Å². The average molecular weight is 277 g/mol. The van der Waals surface area contributed by atoms with Gasteiger partial charge < -0.3 is 10.2 Å². The Bertz CT molecular complexity index is 469. The Morgan fingerprint density at radius 3 is 2.50 bits per heavy atom. The van der Waals surface area contributed by atoms with Crippen LogP contribution in [0.25, 0.3) is 0 Å². The molecule has 0 amide bonds. The summed E-state index contributed by atoms with van der Waals surface area (Å²) < 4.78 is 0. The molecular formula is C15H27N5. The lowest BCUT2D eigenvalue weighted by Gasteiger charge is -2.45. The Balaban J connectivity index is 2.30. The van der Waals surface area contributed by atoms with E-state index in [-0.39, 0.29) is 5.54 Å². The molecule has 0 atom stereocenters. The van der Waals surface area contributed by atoms with Crippen molar-refractivity contribution in [2.24, 2.45) is 0 Å². The zero-order chi connectivity index (χ0) is 14.9. The van der Waals surface area contributed by atoms with Crippen LogP contribution < -0.4 is 10.2 Å². The van der Waals surface area contributed by atoms with Crippen LogP contribution in [-0.2, 0) is 0 Å². The molecule has 2 heterocycles. The van der Waals surface area contributed by atoms with Crippen molar-refractivity contribution < 1.29 is 0 Å². The molecule has 1 saturated heterocycles. The molecule has 0 saturated carbocycles. The lowest BCUT2D eigenvalue weighted by Crippen LogP contribution is -2.57. The van der Waals surface area contributed by atoms with Gasteiger partial charge in [0.1, 0.15) is 17.5 Å². The van der Waals surface area contributed by atoms with Gasteiger partial charge in [0.15, 0.2) is 0 Å². The molecule has 1 aromatic rings. The average Bonchev–Trinajstić information content (AvgIpc) is 2.41. The molecule has 1 aromatic heterocycles. The first-order valence-corrected chi connectivity index (χ1v) is 7.36. The maximum absolute atomic E-state index is 4.75. The van der Waals surface area contributed by atoms with Crippen LogP contribution in [0.1, 0.15) is 39.4 Å². The third-order valence-corrected chi connectivity index (χ3v) is 4.14. The van der Waals surface area contributed by atoms with Crippen molar-refractivity contribution in [3.8, 4) is 0 Å². The molecule has 1 N–H and O–H groups in total. The Morgan fingerprint density at radius 2 is 1.95 bits per heavy atom. The fourth-order valence-electron chi connectivity index (χ4n) is 2.44. The molecule has 5 nitrogen and oxygen atoms in total. The lowest BCUT2D eigenvalue weighted by molar-refractivity contribution is 0.138. The predicted octanol–water partition coefficient (Wildman–Crippen LogP) is 2.17. The van der Waals surface area contributed by atoms with Crippen LogP contribution in [0.5, 0.6) is 0 Å². The summed E-state index contributed by atoms with van der Waals surface area (Å²) >= 11 is 0. The van der Waals surface area contributed by atoms with Gasteiger partial charge in [0.05, 0.1) is 0 Å². The largest absolute Gasteiger partial charge is 0.373 e. The summed E-state index contributed by atoms with van der Waals surface area (Å²) in [4.78, 5) is 14.1. The summed E-state index contributed by atoms with van der Waals surface area (Å²) in [6, 6.07) is 2.05. The van der Waals surface area contributed by atoms with Crippen LogP contribution >= 0.6 is 0 Å². The number of aromatic nitrogens is 2. The Hall–Kier alpha value is -1.36. The molecule has 1 aliphatic heterocycles. The second-order valence-electron chi connectivity index (χ2n) is 6.53. The molecule has 0 unspecified atom stereocenters. The van der Waals surface area contributed by atoms with Crippen LogP contribution in [0.2, 0.25) is 0 Å². The van der Waals surface area contributed by atoms with Crippen LogP contribution in [0, 0.1) is 0 Å². The molecule has 0 radical (unpaired) electrons. The highest BCUT2D eigenvalue weighted by atomic mass is 15.3. The second-order valence-corrected chi connectivity index (χ2v) is 6.53. The number of anilines is 2. The second kappa shape index (κ2) is 5.56. The summed E-state index contributed by atoms with van der Waals surface area (Å²) in [5.74, 6) is 3.18. The van der Waals surface area contributed by atoms with Gasteiger partial charge in [-0.25, -0.2) is 9.97 Å². The van der Waals surface area contributed by atoms with Crippen molar-refractivity contribution in [1.29, 1.82) is 0 Å². The molecule has 0 aliphatic carbocycles. The van der Waals surface area contributed by atoms with Gasteiger partial charge in [0.2, 0.25) is 0 Å². The monoisotopic (exact) mass is 277 g/mol. The van der Waals surface area contributed by atoms with Crippen molar-refractivity contribution in [3.05, 3.63) is 11.9 Å². The van der Waals surface area contributed by atoms with E-state index in [1.54, 1.807) is 0 Å². The Labute approximate surface area is 122 Å². The van der Waals surface area contributed by atoms with E-state index in [0.717, 1.165) is 37.1 Å². The number of hydrogen-bond donors (Lipinski definition) is 1. The summed E-state index contributed by atoms with van der Waals surface area (Å²) in [5, 5.41) is 3.14. The van der Waals surface area contributed by atoms with E-state index in [9.17, 15) is 0 Å². The number of nitrogens with one attached hydrogen (secondary N) is 1. The summed E-state index contributed by atoms with van der Waals surface area (Å²) in [5.41, 5.74) is 0.168. The normalized spacial score (nSPS) is 19.4. The van der Waals surface area contributed by atoms with Crippen molar-refractivity contribution >= 4 is 11.6 Å². The third kappa shape index (κ3) is 3.03. The Morgan fingerprint density at radius 1 is 1.25 bits per heavy atom. The van der Waals surface area contributed by atoms with Crippen LogP contribution in [-0.4, -0.2) is 54.1 Å². The van der Waals surface area contributed by atoms with E-state index in [4.69, 9.17) is 4.98 Å². The van der Waals surface area contributed by atoms with Gasteiger partial charge in [-0.2, -0.15) is 0 Å². The quantitative estimate of drug-likeness (QED) is 0.917. The summed E-state index contributed by atoms with van der Waals surface area (Å²) in [7, 11) is 4.10. The maximum atomic E-state index is 4.75. The van der Waals surface area contributed by atoms with E-state index >= 15 is 0 Å². The van der Waals surface area contributed by atoms with Gasteiger partial charge in [0.25, 0.3) is 0 Å². The van der Waals surface area contributed by atoms with Crippen LogP contribution in [0.4, 0.5) is 11.6 Å². The lowest BCUT2D eigenvalue weighted by atomic mass is 10.00. The van der Waals surface area contributed by atoms with Gasteiger partial charge in [-0.05, 0) is 20.9 Å². The molecule has 20 heavy (non-hydrogen) atoms. The number of nitrogens with zero attached hydrogens (tertiary/aromatic N) is 4. The standard InChI is InChI=1S/C15H27N5/c1-11(2)14-17-12(16-5)9-13(18-14)20-8-7-19(6)15(3,4)10-20/h9,11H,7-8,10H2,1-6H3,(H,16,17,18). The molecule has 0 aromatic carbocycles. The molecule has 0 bridgehead atoms. The minimum Gasteiger partial charge on any atom is -0.373 e. The highest BCUT2D eigenvalue weighted by Crippen LogP contribution is 2.25. The Kier molecular flexibility index (Phi) is 4.18. The highest BCUT2D eigenvalue weighted by Gasteiger charge is 2.31. The van der Waals surface area contributed by atoms with Crippen LogP contribution in [0.15, 0.2) is 6.07 Å². The predicted molar refractivity (Wildman–Crippen MR) is 84.6 cm³/mol. The molecule has 2 rings (SSSR count). The topological polar surface area (TPSA) is 44.3 Å². The van der Waals surface area contributed by atoms with Gasteiger partial charge in [-0.1, -0.05) is 13.8 Å². The first-order chi connectivity index (χ1) is 9.33. The minimum atomic E-state index is 0.168. The zero-order valence-corrected chi connectivity index (χ0v) is 13.6. The first-order valence-electron chi connectivity index (χ1n) is 7.36. The summed E-state index contributed by atoms with van der Waals surface area (Å²) in [6.07, 6.45) is 0. The van der Waals surface area contributed by atoms with Crippen molar-refractivity contribution in [2.45, 2.75) is 39.2 Å². The van der Waals surface area contributed by atoms with E-state index in [1.807, 2.05) is 13.1 Å². The number of hydrogen-bond acceptors (Lipinski definition) is 5. The number of piperazine rings is 1. The van der Waals surface area contributed by atoms with Crippen molar-refractivity contribution in [1.82, 2.24) is 14.9 Å². The SMILES string of the molecule is CNc1cc(N2CCN(C)C(C)(C)C2)nc(C(C)C)n1. The zero-order valence-electron chi connectivity index (χ0n) is 13.6. The third-order valence-electron chi connectivity index (χ3n) is 4.14. The van der Waals surface area contributed by atoms with E-state index in [0.29, 0.717) is 5.92 Å². The molecule has 1 fully saturated rings. The number of likely N-dealkylation sites (N-methyl/N-ethyl adjacent to an activating group) is 1. The van der Waals surface area contributed by atoms with Gasteiger partial charge in [-0.3, -0.25) is 4.90 Å². The maximum Gasteiger partial charge on any atom is 0.135 e. The van der Waals surface area contributed by atoms with Crippen molar-refractivity contribution in [2.75, 3.05) is 43.9 Å². The molecule has 5 heteroatoms. The fraction of sp³-hybridized carbons (Fsp3) is 0.733. The smallest absolute Gasteiger partial charge is 0.135 e. The highest BCUT2D eigenvalue weighted by molar-refractivity contribution is 5.50. The molecule has 112 valence electrons. The number of rotatable bonds is 3. The molecule has 0 spiro atoms. The van der Waals surface area contributed by atoms with Gasteiger partial charge >= 0.3 is 0 Å². The molecule has 1 aliphatic rings. The van der Waals surface area contributed by atoms with E-state index in [2.05, 4.69) is 54.8 Å².